The van der Waals surface area contributed by atoms with Gasteiger partial charge in [0.2, 0.25) is 0 Å². The van der Waals surface area contributed by atoms with Crippen molar-refractivity contribution in [2.24, 2.45) is 23.2 Å². The summed E-state index contributed by atoms with van der Waals surface area (Å²) < 4.78 is 13.1. The van der Waals surface area contributed by atoms with Gasteiger partial charge in [-0.3, -0.25) is 4.39 Å². The van der Waals surface area contributed by atoms with Crippen LogP contribution in [0.1, 0.15) is 53.4 Å². The summed E-state index contributed by atoms with van der Waals surface area (Å²) in [6.45, 7) is 11.3. The number of hydrogen-bond acceptors (Lipinski definition) is 0. The van der Waals surface area contributed by atoms with Gasteiger partial charge in [0.05, 0.1) is 6.67 Å². The van der Waals surface area contributed by atoms with Gasteiger partial charge in [-0.05, 0) is 42.9 Å². The van der Waals surface area contributed by atoms with Gasteiger partial charge >= 0.3 is 0 Å². The van der Waals surface area contributed by atoms with E-state index in [1.54, 1.807) is 0 Å². The molecule has 0 spiro atoms. The van der Waals surface area contributed by atoms with Gasteiger partial charge < -0.3 is 0 Å². The van der Waals surface area contributed by atoms with Crippen LogP contribution < -0.4 is 0 Å². The van der Waals surface area contributed by atoms with Gasteiger partial charge in [0.15, 0.2) is 0 Å². The SMILES string of the molecule is CPC(C)C(C)CCCC1CC1(CF)C(C)C. The Morgan fingerprint density at radius 3 is 2.35 bits per heavy atom. The second-order valence-electron chi connectivity index (χ2n) is 6.41. The summed E-state index contributed by atoms with van der Waals surface area (Å²) in [5, 5.41) is 0. The standard InChI is InChI=1S/C15H30FP/c1-11(2)15(10-16)9-14(15)8-6-7-12(3)13(4)17-5/h11-14,17H,6-10H2,1-5H3. The van der Waals surface area contributed by atoms with Crippen LogP contribution in [0.15, 0.2) is 0 Å². The van der Waals surface area contributed by atoms with Crippen molar-refractivity contribution in [1.82, 2.24) is 0 Å². The van der Waals surface area contributed by atoms with E-state index in [0.29, 0.717) is 11.8 Å². The molecular formula is C15H30FP. The Balaban J connectivity index is 2.21. The molecule has 5 unspecified atom stereocenters. The van der Waals surface area contributed by atoms with E-state index < -0.39 is 0 Å². The van der Waals surface area contributed by atoms with Crippen molar-refractivity contribution in [3.05, 3.63) is 0 Å². The molecular weight excluding hydrogens is 230 g/mol. The molecule has 0 nitrogen and oxygen atoms in total. The monoisotopic (exact) mass is 260 g/mol. The number of hydrogen-bond donors (Lipinski definition) is 0. The Bertz CT molecular complexity index is 229. The third kappa shape index (κ3) is 3.66. The molecule has 0 saturated heterocycles. The first kappa shape index (κ1) is 15.4. The maximum atomic E-state index is 13.1. The van der Waals surface area contributed by atoms with E-state index >= 15 is 0 Å². The molecule has 0 aromatic carbocycles. The lowest BCUT2D eigenvalue weighted by Crippen LogP contribution is -2.15. The van der Waals surface area contributed by atoms with Crippen molar-refractivity contribution >= 4 is 8.58 Å². The molecule has 0 aliphatic heterocycles. The lowest BCUT2D eigenvalue weighted by Gasteiger charge is -2.20. The first-order valence-electron chi connectivity index (χ1n) is 7.21. The minimum atomic E-state index is -0.0996. The Morgan fingerprint density at radius 2 is 1.94 bits per heavy atom. The fourth-order valence-electron chi connectivity index (χ4n) is 3.04. The molecule has 17 heavy (non-hydrogen) atoms. The molecule has 1 rings (SSSR count). The molecule has 1 aliphatic rings. The summed E-state index contributed by atoms with van der Waals surface area (Å²) >= 11 is 0. The summed E-state index contributed by atoms with van der Waals surface area (Å²) in [4.78, 5) is 0. The second-order valence-corrected chi connectivity index (χ2v) is 7.90. The highest BCUT2D eigenvalue weighted by Gasteiger charge is 2.55. The first-order valence-corrected chi connectivity index (χ1v) is 8.79. The quantitative estimate of drug-likeness (QED) is 0.531. The van der Waals surface area contributed by atoms with Crippen LogP contribution in [0.4, 0.5) is 4.39 Å². The molecule has 1 saturated carbocycles. The lowest BCUT2D eigenvalue weighted by molar-refractivity contribution is 0.235. The molecule has 0 N–H and O–H groups in total. The minimum Gasteiger partial charge on any atom is -0.250 e. The van der Waals surface area contributed by atoms with E-state index in [1.165, 1.54) is 19.3 Å². The van der Waals surface area contributed by atoms with Crippen LogP contribution in [0.3, 0.4) is 0 Å². The molecule has 0 heterocycles. The topological polar surface area (TPSA) is 0 Å². The third-order valence-electron chi connectivity index (χ3n) is 5.20. The van der Waals surface area contributed by atoms with Gasteiger partial charge in [-0.15, -0.1) is 8.58 Å². The van der Waals surface area contributed by atoms with E-state index in [2.05, 4.69) is 34.4 Å². The Labute approximate surface area is 109 Å². The highest BCUT2D eigenvalue weighted by Crippen LogP contribution is 2.60. The van der Waals surface area contributed by atoms with Crippen LogP contribution in [0.5, 0.6) is 0 Å². The van der Waals surface area contributed by atoms with Crippen LogP contribution in [0.2, 0.25) is 0 Å². The highest BCUT2D eigenvalue weighted by atomic mass is 31.1. The fraction of sp³-hybridized carbons (Fsp3) is 1.00. The number of alkyl halides is 1. The normalized spacial score (nSPS) is 32.3. The van der Waals surface area contributed by atoms with Gasteiger partial charge in [-0.1, -0.05) is 40.5 Å². The molecule has 0 aromatic rings. The summed E-state index contributed by atoms with van der Waals surface area (Å²) in [7, 11) is 1.06. The summed E-state index contributed by atoms with van der Waals surface area (Å²) in [5.74, 6) is 2.04. The average Bonchev–Trinajstić information content (AvgIpc) is 3.03. The van der Waals surface area contributed by atoms with Crippen LogP contribution in [0.25, 0.3) is 0 Å². The van der Waals surface area contributed by atoms with Crippen LogP contribution >= 0.6 is 8.58 Å². The lowest BCUT2D eigenvalue weighted by atomic mass is 9.89. The molecule has 1 fully saturated rings. The second kappa shape index (κ2) is 6.50. The van der Waals surface area contributed by atoms with Gasteiger partial charge in [0.25, 0.3) is 0 Å². The van der Waals surface area contributed by atoms with E-state index in [9.17, 15) is 4.39 Å². The van der Waals surface area contributed by atoms with E-state index in [-0.39, 0.29) is 12.1 Å². The molecule has 0 aromatic heterocycles. The highest BCUT2D eigenvalue weighted by molar-refractivity contribution is 7.37. The van der Waals surface area contributed by atoms with Crippen molar-refractivity contribution in [2.45, 2.75) is 59.0 Å². The predicted molar refractivity (Wildman–Crippen MR) is 78.1 cm³/mol. The van der Waals surface area contributed by atoms with Crippen molar-refractivity contribution in [3.63, 3.8) is 0 Å². The molecule has 0 bridgehead atoms. The summed E-state index contributed by atoms with van der Waals surface area (Å²) in [5.41, 5.74) is 0.937. The van der Waals surface area contributed by atoms with Gasteiger partial charge in [-0.25, -0.2) is 0 Å². The number of rotatable bonds is 8. The average molecular weight is 260 g/mol. The Hall–Kier alpha value is 0.360. The molecule has 1 aliphatic carbocycles. The van der Waals surface area contributed by atoms with E-state index in [4.69, 9.17) is 0 Å². The van der Waals surface area contributed by atoms with E-state index in [1.807, 2.05) is 0 Å². The van der Waals surface area contributed by atoms with Crippen molar-refractivity contribution < 1.29 is 4.39 Å². The zero-order chi connectivity index (χ0) is 13.1. The van der Waals surface area contributed by atoms with E-state index in [0.717, 1.165) is 26.6 Å². The Morgan fingerprint density at radius 1 is 1.29 bits per heavy atom. The van der Waals surface area contributed by atoms with Crippen molar-refractivity contribution in [1.29, 1.82) is 0 Å². The first-order chi connectivity index (χ1) is 7.97. The summed E-state index contributed by atoms with van der Waals surface area (Å²) in [6.07, 6.45) is 5.03. The van der Waals surface area contributed by atoms with Crippen LogP contribution in [0, 0.1) is 23.2 Å². The number of halogens is 1. The Kier molecular flexibility index (Phi) is 5.90. The molecule has 2 heteroatoms. The fourth-order valence-corrected chi connectivity index (χ4v) is 3.77. The summed E-state index contributed by atoms with van der Waals surface area (Å²) in [6, 6.07) is 0. The van der Waals surface area contributed by atoms with Crippen LogP contribution in [-0.4, -0.2) is 19.0 Å². The molecule has 0 amide bonds. The smallest absolute Gasteiger partial charge is 0.0955 e. The molecule has 5 atom stereocenters. The third-order valence-corrected chi connectivity index (χ3v) is 6.68. The van der Waals surface area contributed by atoms with Gasteiger partial charge in [0, 0.05) is 5.41 Å². The van der Waals surface area contributed by atoms with Gasteiger partial charge in [0.1, 0.15) is 0 Å². The van der Waals surface area contributed by atoms with Gasteiger partial charge in [-0.2, -0.15) is 0 Å². The maximum absolute atomic E-state index is 13.1. The zero-order valence-electron chi connectivity index (χ0n) is 12.2. The van der Waals surface area contributed by atoms with Crippen molar-refractivity contribution in [2.75, 3.05) is 13.3 Å². The maximum Gasteiger partial charge on any atom is 0.0955 e. The minimum absolute atomic E-state index is 0.0708. The predicted octanol–water partition coefficient (Wildman–Crippen LogP) is 5.12. The largest absolute Gasteiger partial charge is 0.250 e. The molecule has 102 valence electrons. The molecule has 0 radical (unpaired) electrons. The van der Waals surface area contributed by atoms with Crippen molar-refractivity contribution in [3.8, 4) is 0 Å². The van der Waals surface area contributed by atoms with Crippen LogP contribution in [-0.2, 0) is 0 Å². The zero-order valence-corrected chi connectivity index (χ0v) is 13.2.